The number of anilines is 3. The minimum absolute atomic E-state index is 0.254. The average molecular weight is 484 g/mol. The molecule has 8 nitrogen and oxygen atoms in total. The van der Waals surface area contributed by atoms with Crippen LogP contribution in [0.2, 0.25) is 5.02 Å². The lowest BCUT2D eigenvalue weighted by molar-refractivity contribution is 0.0578. The van der Waals surface area contributed by atoms with Crippen molar-refractivity contribution in [2.75, 3.05) is 35.8 Å². The highest BCUT2D eigenvalue weighted by molar-refractivity contribution is 6.31. The number of amides is 2. The lowest BCUT2D eigenvalue weighted by Crippen LogP contribution is -2.38. The number of aromatic nitrogens is 2. The molecule has 0 radical (unpaired) electrons. The van der Waals surface area contributed by atoms with Gasteiger partial charge in [-0.3, -0.25) is 14.4 Å². The van der Waals surface area contributed by atoms with Crippen LogP contribution in [0.5, 0.6) is 0 Å². The van der Waals surface area contributed by atoms with E-state index in [0.29, 0.717) is 35.1 Å². The van der Waals surface area contributed by atoms with Gasteiger partial charge in [-0.25, -0.2) is 4.79 Å². The van der Waals surface area contributed by atoms with Crippen LogP contribution in [-0.4, -0.2) is 48.0 Å². The molecule has 0 aliphatic rings. The largest absolute Gasteiger partial charge is 0.443 e. The Morgan fingerprint density at radius 3 is 2.41 bits per heavy atom. The van der Waals surface area contributed by atoms with Crippen molar-refractivity contribution in [3.63, 3.8) is 0 Å². The summed E-state index contributed by atoms with van der Waals surface area (Å²) in [4.78, 5) is 29.2. The van der Waals surface area contributed by atoms with Gasteiger partial charge in [-0.1, -0.05) is 11.6 Å². The lowest BCUT2D eigenvalue weighted by Gasteiger charge is -2.27. The van der Waals surface area contributed by atoms with Crippen LogP contribution < -0.4 is 15.1 Å². The molecule has 1 heterocycles. The summed E-state index contributed by atoms with van der Waals surface area (Å²) in [5.74, 6) is -0.254. The number of hydrogen-bond acceptors (Lipinski definition) is 5. The fraction of sp³-hybridized carbons (Fsp3) is 0.320. The van der Waals surface area contributed by atoms with Gasteiger partial charge in [-0.15, -0.1) is 0 Å². The molecule has 34 heavy (non-hydrogen) atoms. The van der Waals surface area contributed by atoms with Crippen molar-refractivity contribution in [3.8, 4) is 0 Å². The van der Waals surface area contributed by atoms with Gasteiger partial charge in [0.15, 0.2) is 0 Å². The fourth-order valence-electron chi connectivity index (χ4n) is 3.27. The van der Waals surface area contributed by atoms with E-state index in [0.717, 1.165) is 5.69 Å². The van der Waals surface area contributed by atoms with Gasteiger partial charge < -0.3 is 15.0 Å². The van der Waals surface area contributed by atoms with Crippen molar-refractivity contribution in [2.24, 2.45) is 0 Å². The molecule has 3 aromatic rings. The smallest absolute Gasteiger partial charge is 0.414 e. The number of halogens is 1. The molecule has 2 amide bonds. The van der Waals surface area contributed by atoms with E-state index in [4.69, 9.17) is 16.3 Å². The molecule has 3 rings (SSSR count). The number of carbonyl (C=O) groups is 2. The molecule has 0 aliphatic heterocycles. The first kappa shape index (κ1) is 25.1. The first-order valence-electron chi connectivity index (χ1n) is 10.9. The van der Waals surface area contributed by atoms with E-state index in [-0.39, 0.29) is 5.91 Å². The van der Waals surface area contributed by atoms with Crippen molar-refractivity contribution in [3.05, 3.63) is 71.5 Å². The summed E-state index contributed by atoms with van der Waals surface area (Å²) in [5.41, 5.74) is 1.85. The maximum Gasteiger partial charge on any atom is 0.414 e. The quantitative estimate of drug-likeness (QED) is 0.493. The summed E-state index contributed by atoms with van der Waals surface area (Å²) in [7, 11) is 3.71. The van der Waals surface area contributed by atoms with E-state index in [2.05, 4.69) is 10.4 Å². The van der Waals surface area contributed by atoms with Gasteiger partial charge in [-0.05, 0) is 69.3 Å². The number of nitrogens with zero attached hydrogens (tertiary/aromatic N) is 4. The maximum absolute atomic E-state index is 12.9. The molecule has 0 saturated heterocycles. The van der Waals surface area contributed by atoms with E-state index >= 15 is 0 Å². The standard InChI is InChI=1S/C25H30ClN5O3/c1-25(2,3)34-24(33)31(16-15-30-14-6-13-27-30)20-10-8-19(9-11-20)28-23(32)21-12-7-18(26)17-22(21)29(4)5/h6-14,17H,15-16H2,1-5H3,(H,28,32). The monoisotopic (exact) mass is 483 g/mol. The Kier molecular flexibility index (Phi) is 7.83. The van der Waals surface area contributed by atoms with Gasteiger partial charge in [0.25, 0.3) is 5.91 Å². The van der Waals surface area contributed by atoms with Crippen LogP contribution in [0, 0.1) is 0 Å². The van der Waals surface area contributed by atoms with Crippen LogP contribution in [0.15, 0.2) is 60.9 Å². The molecular formula is C25H30ClN5O3. The third-order valence-corrected chi connectivity index (χ3v) is 5.08. The second kappa shape index (κ2) is 10.6. The molecule has 1 N–H and O–H groups in total. The number of benzene rings is 2. The number of hydrogen-bond donors (Lipinski definition) is 1. The second-order valence-corrected chi connectivity index (χ2v) is 9.39. The average Bonchev–Trinajstić information content (AvgIpc) is 3.27. The van der Waals surface area contributed by atoms with E-state index in [1.807, 2.05) is 52.0 Å². The first-order chi connectivity index (χ1) is 16.0. The molecule has 0 atom stereocenters. The highest BCUT2D eigenvalue weighted by Gasteiger charge is 2.23. The van der Waals surface area contributed by atoms with Crippen molar-refractivity contribution in [2.45, 2.75) is 32.9 Å². The minimum atomic E-state index is -0.627. The zero-order chi connectivity index (χ0) is 24.9. The molecular weight excluding hydrogens is 454 g/mol. The third kappa shape index (κ3) is 6.74. The molecule has 0 spiro atoms. The van der Waals surface area contributed by atoms with Gasteiger partial charge >= 0.3 is 6.09 Å². The first-order valence-corrected chi connectivity index (χ1v) is 11.3. The Bertz CT molecular complexity index is 1120. The third-order valence-electron chi connectivity index (χ3n) is 4.85. The summed E-state index contributed by atoms with van der Waals surface area (Å²) in [5, 5.41) is 7.66. The van der Waals surface area contributed by atoms with Gasteiger partial charge in [-0.2, -0.15) is 5.10 Å². The lowest BCUT2D eigenvalue weighted by atomic mass is 10.1. The van der Waals surface area contributed by atoms with Gasteiger partial charge in [0.2, 0.25) is 0 Å². The normalized spacial score (nSPS) is 11.1. The molecule has 1 aromatic heterocycles. The maximum atomic E-state index is 12.9. The Balaban J connectivity index is 1.77. The zero-order valence-electron chi connectivity index (χ0n) is 20.1. The predicted octanol–water partition coefficient (Wildman–Crippen LogP) is 5.30. The Morgan fingerprint density at radius 1 is 1.12 bits per heavy atom. The molecule has 0 unspecified atom stereocenters. The Morgan fingerprint density at radius 2 is 1.82 bits per heavy atom. The molecule has 180 valence electrons. The Hall–Kier alpha value is -3.52. The van der Waals surface area contributed by atoms with E-state index in [9.17, 15) is 9.59 Å². The fourth-order valence-corrected chi connectivity index (χ4v) is 3.43. The number of carbonyl (C=O) groups excluding carboxylic acids is 2. The summed E-state index contributed by atoms with van der Waals surface area (Å²) < 4.78 is 7.34. The number of nitrogens with one attached hydrogen (secondary N) is 1. The number of rotatable bonds is 7. The van der Waals surface area contributed by atoms with Gasteiger partial charge in [0.05, 0.1) is 17.8 Å². The van der Waals surface area contributed by atoms with Crippen molar-refractivity contribution in [1.29, 1.82) is 0 Å². The molecule has 0 saturated carbocycles. The van der Waals surface area contributed by atoms with Gasteiger partial charge in [0, 0.05) is 49.4 Å². The topological polar surface area (TPSA) is 79.7 Å². The van der Waals surface area contributed by atoms with Crippen LogP contribution in [0.1, 0.15) is 31.1 Å². The highest BCUT2D eigenvalue weighted by atomic mass is 35.5. The molecule has 0 bridgehead atoms. The molecule has 9 heteroatoms. The summed E-state index contributed by atoms with van der Waals surface area (Å²) in [6, 6.07) is 14.0. The summed E-state index contributed by atoms with van der Waals surface area (Å²) >= 11 is 6.09. The van der Waals surface area contributed by atoms with Crippen LogP contribution >= 0.6 is 11.6 Å². The predicted molar refractivity (Wildman–Crippen MR) is 136 cm³/mol. The highest BCUT2D eigenvalue weighted by Crippen LogP contribution is 2.25. The van der Waals surface area contributed by atoms with Crippen LogP contribution in [0.4, 0.5) is 21.9 Å². The van der Waals surface area contributed by atoms with E-state index in [1.54, 1.807) is 58.2 Å². The van der Waals surface area contributed by atoms with Crippen LogP contribution in [0.3, 0.4) is 0 Å². The van der Waals surface area contributed by atoms with Crippen LogP contribution in [-0.2, 0) is 11.3 Å². The van der Waals surface area contributed by atoms with E-state index < -0.39 is 11.7 Å². The van der Waals surface area contributed by atoms with Crippen molar-refractivity contribution < 1.29 is 14.3 Å². The van der Waals surface area contributed by atoms with Crippen molar-refractivity contribution in [1.82, 2.24) is 9.78 Å². The van der Waals surface area contributed by atoms with Crippen molar-refractivity contribution >= 4 is 40.7 Å². The minimum Gasteiger partial charge on any atom is -0.443 e. The number of ether oxygens (including phenoxy) is 1. The molecule has 2 aromatic carbocycles. The molecule has 0 aliphatic carbocycles. The van der Waals surface area contributed by atoms with Crippen LogP contribution in [0.25, 0.3) is 0 Å². The van der Waals surface area contributed by atoms with E-state index in [1.165, 1.54) is 0 Å². The SMILES string of the molecule is CN(C)c1cc(Cl)ccc1C(=O)Nc1ccc(N(CCn2cccn2)C(=O)OC(C)(C)C)cc1. The Labute approximate surface area is 205 Å². The second-order valence-electron chi connectivity index (χ2n) is 8.96. The summed E-state index contributed by atoms with van der Waals surface area (Å²) in [6.45, 7) is 6.36. The molecule has 0 fully saturated rings. The summed E-state index contributed by atoms with van der Waals surface area (Å²) in [6.07, 6.45) is 3.08. The zero-order valence-corrected chi connectivity index (χ0v) is 20.8. The van der Waals surface area contributed by atoms with Gasteiger partial charge in [0.1, 0.15) is 5.60 Å².